The molecule has 9 heteroatoms. The number of amides is 3. The fourth-order valence-electron chi connectivity index (χ4n) is 4.95. The van der Waals surface area contributed by atoms with Gasteiger partial charge in [0.15, 0.2) is 11.5 Å². The summed E-state index contributed by atoms with van der Waals surface area (Å²) in [7, 11) is 3.22. The quantitative estimate of drug-likeness (QED) is 0.286. The van der Waals surface area contributed by atoms with Crippen LogP contribution in [-0.4, -0.2) is 68.3 Å². The van der Waals surface area contributed by atoms with E-state index in [1.807, 2.05) is 55.1 Å². The molecule has 220 valence electrons. The molecule has 1 aromatic heterocycles. The number of carbonyl (C=O) groups excluding carboxylic acids is 2. The molecule has 0 bridgehead atoms. The minimum atomic E-state index is -0.297. The fraction of sp³-hybridized carbons (Fsp3) is 0.438. The second-order valence-corrected chi connectivity index (χ2v) is 11.8. The highest BCUT2D eigenvalue weighted by molar-refractivity contribution is 7.11. The van der Waals surface area contributed by atoms with Gasteiger partial charge in [-0.1, -0.05) is 18.2 Å². The van der Waals surface area contributed by atoms with Crippen LogP contribution in [0.4, 0.5) is 10.5 Å². The summed E-state index contributed by atoms with van der Waals surface area (Å²) in [6.07, 6.45) is 2.39. The number of nitrogens with zero attached hydrogens (tertiary/aromatic N) is 2. The molecule has 0 spiro atoms. The van der Waals surface area contributed by atoms with Gasteiger partial charge in [0.2, 0.25) is 5.91 Å². The number of thiophene rings is 1. The molecule has 4 rings (SSSR count). The lowest BCUT2D eigenvalue weighted by Gasteiger charge is -2.29. The molecule has 0 aliphatic carbocycles. The second kappa shape index (κ2) is 14.4. The molecule has 0 saturated carbocycles. The van der Waals surface area contributed by atoms with E-state index in [4.69, 9.17) is 14.2 Å². The van der Waals surface area contributed by atoms with Crippen LogP contribution in [-0.2, 0) is 22.5 Å². The van der Waals surface area contributed by atoms with Crippen molar-refractivity contribution in [2.75, 3.05) is 45.8 Å². The SMILES string of the molecule is COc1ccc(CCN(Cc2ccc(C)s2)C(=O)CN(CC2CCCO2)C(=O)Nc2cccc(C)c2C)cc1OC. The third-order valence-corrected chi connectivity index (χ3v) is 8.51. The van der Waals surface area contributed by atoms with Crippen molar-refractivity contribution in [2.24, 2.45) is 0 Å². The lowest BCUT2D eigenvalue weighted by Crippen LogP contribution is -2.47. The molecule has 3 aromatic rings. The van der Waals surface area contributed by atoms with Gasteiger partial charge in [0.25, 0.3) is 0 Å². The van der Waals surface area contributed by atoms with E-state index in [2.05, 4.69) is 24.4 Å². The third kappa shape index (κ3) is 8.24. The van der Waals surface area contributed by atoms with Gasteiger partial charge in [-0.15, -0.1) is 11.3 Å². The molecule has 8 nitrogen and oxygen atoms in total. The van der Waals surface area contributed by atoms with E-state index >= 15 is 0 Å². The number of hydrogen-bond acceptors (Lipinski definition) is 6. The van der Waals surface area contributed by atoms with Crippen LogP contribution >= 0.6 is 11.3 Å². The summed E-state index contributed by atoms with van der Waals surface area (Å²) in [4.78, 5) is 33.2. The molecule has 2 heterocycles. The second-order valence-electron chi connectivity index (χ2n) is 10.5. The Balaban J connectivity index is 1.52. The highest BCUT2D eigenvalue weighted by atomic mass is 32.1. The minimum Gasteiger partial charge on any atom is -0.493 e. The van der Waals surface area contributed by atoms with Crippen molar-refractivity contribution in [1.82, 2.24) is 9.80 Å². The normalized spacial score (nSPS) is 14.5. The summed E-state index contributed by atoms with van der Waals surface area (Å²) in [5, 5.41) is 3.04. The summed E-state index contributed by atoms with van der Waals surface area (Å²) in [6.45, 7) is 8.05. The van der Waals surface area contributed by atoms with Crippen molar-refractivity contribution in [3.63, 3.8) is 0 Å². The lowest BCUT2D eigenvalue weighted by molar-refractivity contribution is -0.132. The number of rotatable bonds is 12. The first-order chi connectivity index (χ1) is 19.8. The average molecular weight is 580 g/mol. The molecule has 1 unspecified atom stereocenters. The van der Waals surface area contributed by atoms with Gasteiger partial charge in [0.1, 0.15) is 6.54 Å². The molecule has 2 aromatic carbocycles. The number of hydrogen-bond donors (Lipinski definition) is 1. The predicted octanol–water partition coefficient (Wildman–Crippen LogP) is 5.97. The summed E-state index contributed by atoms with van der Waals surface area (Å²) in [6, 6.07) is 15.5. The number of nitrogens with one attached hydrogen (secondary N) is 1. The fourth-order valence-corrected chi connectivity index (χ4v) is 5.85. The standard InChI is InChI=1S/C32H41N3O5S/c1-22-8-6-10-28(24(22)3)33-32(37)35(19-26-9-7-17-40-26)21-31(36)34(20-27-13-11-23(2)41-27)16-15-25-12-14-29(38-4)30(18-25)39-5/h6,8,10-14,18,26H,7,9,15-17,19-21H2,1-5H3,(H,33,37). The summed E-state index contributed by atoms with van der Waals surface area (Å²) < 4.78 is 16.7. The number of anilines is 1. The van der Waals surface area contributed by atoms with Crippen molar-refractivity contribution in [2.45, 2.75) is 52.7 Å². The van der Waals surface area contributed by atoms with E-state index in [-0.39, 0.29) is 24.6 Å². The van der Waals surface area contributed by atoms with Crippen LogP contribution in [0.2, 0.25) is 0 Å². The van der Waals surface area contributed by atoms with E-state index in [9.17, 15) is 9.59 Å². The van der Waals surface area contributed by atoms with Crippen molar-refractivity contribution in [1.29, 1.82) is 0 Å². The Morgan fingerprint density at radius 3 is 2.51 bits per heavy atom. The largest absolute Gasteiger partial charge is 0.493 e. The maximum atomic E-state index is 13.9. The number of carbonyl (C=O) groups is 2. The lowest BCUT2D eigenvalue weighted by atomic mass is 10.1. The van der Waals surface area contributed by atoms with Crippen LogP contribution in [0.15, 0.2) is 48.5 Å². The topological polar surface area (TPSA) is 80.3 Å². The molecular weight excluding hydrogens is 538 g/mol. The third-order valence-electron chi connectivity index (χ3n) is 7.52. The van der Waals surface area contributed by atoms with Gasteiger partial charge >= 0.3 is 6.03 Å². The molecule has 1 saturated heterocycles. The van der Waals surface area contributed by atoms with E-state index in [1.54, 1.807) is 30.5 Å². The minimum absolute atomic E-state index is 0.0349. The van der Waals surface area contributed by atoms with E-state index in [1.165, 1.54) is 4.88 Å². The van der Waals surface area contributed by atoms with Crippen molar-refractivity contribution in [3.8, 4) is 11.5 Å². The number of urea groups is 1. The van der Waals surface area contributed by atoms with Crippen LogP contribution in [0, 0.1) is 20.8 Å². The Morgan fingerprint density at radius 1 is 1.02 bits per heavy atom. The molecular formula is C32H41N3O5S. The Morgan fingerprint density at radius 2 is 1.83 bits per heavy atom. The zero-order chi connectivity index (χ0) is 29.4. The first-order valence-corrected chi connectivity index (χ1v) is 14.9. The summed E-state index contributed by atoms with van der Waals surface area (Å²) in [5.41, 5.74) is 3.89. The van der Waals surface area contributed by atoms with Crippen molar-refractivity contribution in [3.05, 3.63) is 75.0 Å². The molecule has 1 atom stereocenters. The van der Waals surface area contributed by atoms with Gasteiger partial charge in [-0.05, 0) is 87.1 Å². The molecule has 1 fully saturated rings. The van der Waals surface area contributed by atoms with Gasteiger partial charge in [0, 0.05) is 35.1 Å². The Bertz CT molecular complexity index is 1330. The maximum absolute atomic E-state index is 13.9. The Labute approximate surface area is 247 Å². The van der Waals surface area contributed by atoms with E-state index < -0.39 is 0 Å². The molecule has 41 heavy (non-hydrogen) atoms. The maximum Gasteiger partial charge on any atom is 0.322 e. The number of methoxy groups -OCH3 is 2. The average Bonchev–Trinajstić information content (AvgIpc) is 3.64. The first-order valence-electron chi connectivity index (χ1n) is 14.0. The monoisotopic (exact) mass is 579 g/mol. The number of aryl methyl sites for hydroxylation is 2. The smallest absolute Gasteiger partial charge is 0.322 e. The molecule has 1 aliphatic heterocycles. The number of ether oxygens (including phenoxy) is 3. The summed E-state index contributed by atoms with van der Waals surface area (Å²) >= 11 is 1.68. The van der Waals surface area contributed by atoms with Gasteiger partial charge in [-0.25, -0.2) is 4.79 Å². The van der Waals surface area contributed by atoms with Crippen molar-refractivity contribution >= 4 is 29.0 Å². The van der Waals surface area contributed by atoms with Crippen LogP contribution in [0.3, 0.4) is 0 Å². The van der Waals surface area contributed by atoms with Gasteiger partial charge in [0.05, 0.1) is 26.9 Å². The number of benzene rings is 2. The van der Waals surface area contributed by atoms with Gasteiger partial charge in [-0.3, -0.25) is 4.79 Å². The van der Waals surface area contributed by atoms with Crippen LogP contribution in [0.25, 0.3) is 0 Å². The zero-order valence-corrected chi connectivity index (χ0v) is 25.5. The van der Waals surface area contributed by atoms with E-state index in [0.29, 0.717) is 44.2 Å². The van der Waals surface area contributed by atoms with E-state index in [0.717, 1.165) is 40.1 Å². The molecule has 3 amide bonds. The summed E-state index contributed by atoms with van der Waals surface area (Å²) in [5.74, 6) is 1.21. The van der Waals surface area contributed by atoms with Crippen LogP contribution in [0.1, 0.15) is 39.3 Å². The first kappa shape index (κ1) is 30.4. The van der Waals surface area contributed by atoms with Crippen LogP contribution < -0.4 is 14.8 Å². The Hall–Kier alpha value is -3.56. The van der Waals surface area contributed by atoms with Gasteiger partial charge in [-0.2, -0.15) is 0 Å². The van der Waals surface area contributed by atoms with Crippen LogP contribution in [0.5, 0.6) is 11.5 Å². The predicted molar refractivity (Wildman–Crippen MR) is 163 cm³/mol. The van der Waals surface area contributed by atoms with Crippen molar-refractivity contribution < 1.29 is 23.8 Å². The highest BCUT2D eigenvalue weighted by Gasteiger charge is 2.27. The zero-order valence-electron chi connectivity index (χ0n) is 24.7. The Kier molecular flexibility index (Phi) is 10.7. The molecule has 1 aliphatic rings. The molecule has 1 N–H and O–H groups in total. The highest BCUT2D eigenvalue weighted by Crippen LogP contribution is 2.28. The molecule has 0 radical (unpaired) electrons. The van der Waals surface area contributed by atoms with Gasteiger partial charge < -0.3 is 29.3 Å².